The summed E-state index contributed by atoms with van der Waals surface area (Å²) < 4.78 is 1.74. The SMILES string of the molecule is CNCc1cc(C)c(CNC(=O)c2c(C)nn(C)c2C)c(C)c1. The summed E-state index contributed by atoms with van der Waals surface area (Å²) in [6.45, 7) is 9.35. The Morgan fingerprint density at radius 2 is 1.74 bits per heavy atom. The fourth-order valence-corrected chi connectivity index (χ4v) is 3.03. The van der Waals surface area contributed by atoms with Gasteiger partial charge < -0.3 is 10.6 Å². The van der Waals surface area contributed by atoms with Crippen molar-refractivity contribution >= 4 is 5.91 Å². The molecule has 0 aliphatic carbocycles. The van der Waals surface area contributed by atoms with E-state index in [0.717, 1.165) is 17.9 Å². The smallest absolute Gasteiger partial charge is 0.255 e. The Labute approximate surface area is 138 Å². The standard InChI is InChI=1S/C18H26N4O/c1-11-7-15(9-19-5)8-12(2)16(11)10-20-18(23)17-13(3)21-22(6)14(17)4/h7-8,19H,9-10H2,1-6H3,(H,20,23). The summed E-state index contributed by atoms with van der Waals surface area (Å²) in [6, 6.07) is 4.34. The predicted molar refractivity (Wildman–Crippen MR) is 92.5 cm³/mol. The largest absolute Gasteiger partial charge is 0.348 e. The van der Waals surface area contributed by atoms with E-state index < -0.39 is 0 Å². The molecule has 0 unspecified atom stereocenters. The molecule has 2 aromatic rings. The van der Waals surface area contributed by atoms with E-state index >= 15 is 0 Å². The van der Waals surface area contributed by atoms with Crippen LogP contribution < -0.4 is 10.6 Å². The Bertz CT molecular complexity index is 708. The first-order valence-corrected chi connectivity index (χ1v) is 7.87. The van der Waals surface area contributed by atoms with Crippen molar-refractivity contribution in [2.45, 2.75) is 40.8 Å². The second-order valence-corrected chi connectivity index (χ2v) is 6.09. The first-order chi connectivity index (χ1) is 10.8. The van der Waals surface area contributed by atoms with Gasteiger partial charge in [-0.2, -0.15) is 5.10 Å². The first kappa shape index (κ1) is 17.2. The molecule has 1 aromatic heterocycles. The van der Waals surface area contributed by atoms with Gasteiger partial charge in [0.15, 0.2) is 0 Å². The molecule has 5 heteroatoms. The molecule has 0 spiro atoms. The highest BCUT2D eigenvalue weighted by atomic mass is 16.1. The van der Waals surface area contributed by atoms with Gasteiger partial charge in [0.1, 0.15) is 0 Å². The fourth-order valence-electron chi connectivity index (χ4n) is 3.03. The molecule has 1 amide bonds. The van der Waals surface area contributed by atoms with Crippen LogP contribution in [0.15, 0.2) is 12.1 Å². The molecule has 124 valence electrons. The molecule has 0 aliphatic heterocycles. The molecule has 0 saturated heterocycles. The summed E-state index contributed by atoms with van der Waals surface area (Å²) in [7, 11) is 3.80. The predicted octanol–water partition coefficient (Wildman–Crippen LogP) is 2.30. The highest BCUT2D eigenvalue weighted by Crippen LogP contribution is 2.18. The molecule has 0 atom stereocenters. The van der Waals surface area contributed by atoms with Gasteiger partial charge in [-0.15, -0.1) is 0 Å². The van der Waals surface area contributed by atoms with Crippen molar-refractivity contribution < 1.29 is 4.79 Å². The van der Waals surface area contributed by atoms with Crippen molar-refractivity contribution in [1.29, 1.82) is 0 Å². The maximum atomic E-state index is 12.5. The molecular weight excluding hydrogens is 288 g/mol. The van der Waals surface area contributed by atoms with E-state index in [1.54, 1.807) is 4.68 Å². The molecule has 0 radical (unpaired) electrons. The number of aromatic nitrogens is 2. The number of amides is 1. The minimum absolute atomic E-state index is 0.0637. The third kappa shape index (κ3) is 3.62. The molecule has 0 aliphatic rings. The number of nitrogens with one attached hydrogen (secondary N) is 2. The Kier molecular flexibility index (Phi) is 5.21. The minimum Gasteiger partial charge on any atom is -0.348 e. The van der Waals surface area contributed by atoms with Crippen molar-refractivity contribution in [3.8, 4) is 0 Å². The number of rotatable bonds is 5. The average Bonchev–Trinajstić information content (AvgIpc) is 2.71. The van der Waals surface area contributed by atoms with Crippen LogP contribution in [0.5, 0.6) is 0 Å². The molecule has 1 heterocycles. The average molecular weight is 314 g/mol. The summed E-state index contributed by atoms with van der Waals surface area (Å²) in [5.74, 6) is -0.0637. The highest BCUT2D eigenvalue weighted by Gasteiger charge is 2.17. The number of aryl methyl sites for hydroxylation is 4. The van der Waals surface area contributed by atoms with E-state index in [9.17, 15) is 4.79 Å². The number of hydrogen-bond acceptors (Lipinski definition) is 3. The van der Waals surface area contributed by atoms with Crippen molar-refractivity contribution in [3.05, 3.63) is 51.3 Å². The second kappa shape index (κ2) is 6.96. The van der Waals surface area contributed by atoms with Gasteiger partial charge in [0.2, 0.25) is 0 Å². The van der Waals surface area contributed by atoms with E-state index in [-0.39, 0.29) is 5.91 Å². The molecule has 0 saturated carbocycles. The Morgan fingerprint density at radius 3 is 2.22 bits per heavy atom. The third-order valence-corrected chi connectivity index (χ3v) is 4.30. The van der Waals surface area contributed by atoms with Gasteiger partial charge in [0.25, 0.3) is 5.91 Å². The van der Waals surface area contributed by atoms with Crippen molar-refractivity contribution in [3.63, 3.8) is 0 Å². The maximum absolute atomic E-state index is 12.5. The Balaban J connectivity index is 2.16. The Hall–Kier alpha value is -2.14. The lowest BCUT2D eigenvalue weighted by atomic mass is 9.99. The number of carbonyl (C=O) groups excluding carboxylic acids is 1. The minimum atomic E-state index is -0.0637. The zero-order valence-electron chi connectivity index (χ0n) is 14.9. The molecule has 2 N–H and O–H groups in total. The number of nitrogens with zero attached hydrogens (tertiary/aromatic N) is 2. The lowest BCUT2D eigenvalue weighted by molar-refractivity contribution is 0.0949. The number of benzene rings is 1. The molecule has 0 bridgehead atoms. The van der Waals surface area contributed by atoms with Crippen LogP contribution in [0.25, 0.3) is 0 Å². The normalized spacial score (nSPS) is 10.9. The molecule has 0 fully saturated rings. The van der Waals surface area contributed by atoms with Crippen LogP contribution in [0.2, 0.25) is 0 Å². The summed E-state index contributed by atoms with van der Waals surface area (Å²) in [5.41, 5.74) is 7.17. The molecule has 2 rings (SSSR count). The maximum Gasteiger partial charge on any atom is 0.255 e. The molecule has 23 heavy (non-hydrogen) atoms. The van der Waals surface area contributed by atoms with Crippen molar-refractivity contribution in [2.24, 2.45) is 7.05 Å². The lowest BCUT2D eigenvalue weighted by Gasteiger charge is -2.14. The van der Waals surface area contributed by atoms with E-state index in [0.29, 0.717) is 12.1 Å². The van der Waals surface area contributed by atoms with Gasteiger partial charge in [-0.1, -0.05) is 12.1 Å². The second-order valence-electron chi connectivity index (χ2n) is 6.09. The molecular formula is C18H26N4O. The quantitative estimate of drug-likeness (QED) is 0.890. The third-order valence-electron chi connectivity index (χ3n) is 4.30. The highest BCUT2D eigenvalue weighted by molar-refractivity contribution is 5.96. The van der Waals surface area contributed by atoms with Crippen molar-refractivity contribution in [1.82, 2.24) is 20.4 Å². The van der Waals surface area contributed by atoms with E-state index in [1.807, 2.05) is 27.9 Å². The van der Waals surface area contributed by atoms with Gasteiger partial charge in [-0.05, 0) is 57.0 Å². The van der Waals surface area contributed by atoms with E-state index in [1.165, 1.54) is 22.3 Å². The van der Waals surface area contributed by atoms with Gasteiger partial charge in [-0.25, -0.2) is 0 Å². The molecule has 1 aromatic carbocycles. The van der Waals surface area contributed by atoms with Crippen LogP contribution in [0, 0.1) is 27.7 Å². The van der Waals surface area contributed by atoms with Crippen LogP contribution in [0.1, 0.15) is 44.0 Å². The monoisotopic (exact) mass is 314 g/mol. The van der Waals surface area contributed by atoms with Gasteiger partial charge in [0.05, 0.1) is 11.3 Å². The summed E-state index contributed by atoms with van der Waals surface area (Å²) in [5, 5.41) is 10.5. The zero-order chi connectivity index (χ0) is 17.1. The zero-order valence-corrected chi connectivity index (χ0v) is 14.9. The van der Waals surface area contributed by atoms with E-state index in [2.05, 4.69) is 41.7 Å². The number of hydrogen-bond donors (Lipinski definition) is 2. The van der Waals surface area contributed by atoms with Gasteiger partial charge >= 0.3 is 0 Å². The van der Waals surface area contributed by atoms with Crippen LogP contribution in [-0.2, 0) is 20.1 Å². The van der Waals surface area contributed by atoms with Crippen molar-refractivity contribution in [2.75, 3.05) is 7.05 Å². The summed E-state index contributed by atoms with van der Waals surface area (Å²) in [6.07, 6.45) is 0. The fraction of sp³-hybridized carbons (Fsp3) is 0.444. The summed E-state index contributed by atoms with van der Waals surface area (Å²) in [4.78, 5) is 12.5. The lowest BCUT2D eigenvalue weighted by Crippen LogP contribution is -2.25. The number of carbonyl (C=O) groups is 1. The van der Waals surface area contributed by atoms with Crippen LogP contribution >= 0.6 is 0 Å². The van der Waals surface area contributed by atoms with Crippen LogP contribution in [0.3, 0.4) is 0 Å². The summed E-state index contributed by atoms with van der Waals surface area (Å²) >= 11 is 0. The van der Waals surface area contributed by atoms with E-state index in [4.69, 9.17) is 0 Å². The van der Waals surface area contributed by atoms with Crippen LogP contribution in [-0.4, -0.2) is 22.7 Å². The Morgan fingerprint density at radius 1 is 1.13 bits per heavy atom. The molecule has 5 nitrogen and oxygen atoms in total. The first-order valence-electron chi connectivity index (χ1n) is 7.87. The van der Waals surface area contributed by atoms with Crippen LogP contribution in [0.4, 0.5) is 0 Å². The van der Waals surface area contributed by atoms with Gasteiger partial charge in [-0.3, -0.25) is 9.48 Å². The van der Waals surface area contributed by atoms with Gasteiger partial charge in [0, 0.05) is 25.8 Å². The topological polar surface area (TPSA) is 58.9 Å².